The number of pyridine rings is 1. The second-order valence-corrected chi connectivity index (χ2v) is 9.11. The summed E-state index contributed by atoms with van der Waals surface area (Å²) in [5.41, 5.74) is 3.22. The Hall–Kier alpha value is -2.96. The first-order valence-corrected chi connectivity index (χ1v) is 11.4. The van der Waals surface area contributed by atoms with Crippen LogP contribution in [0.3, 0.4) is 0 Å². The predicted molar refractivity (Wildman–Crippen MR) is 123 cm³/mol. The number of amides is 3. The van der Waals surface area contributed by atoms with Crippen LogP contribution >= 0.6 is 0 Å². The lowest BCUT2D eigenvalue weighted by Gasteiger charge is -2.37. The number of rotatable bonds is 6. The van der Waals surface area contributed by atoms with Gasteiger partial charge in [-0.15, -0.1) is 0 Å². The number of nitrogens with zero attached hydrogens (tertiary/aromatic N) is 1. The summed E-state index contributed by atoms with van der Waals surface area (Å²) in [5.74, 6) is -0.803. The van der Waals surface area contributed by atoms with Gasteiger partial charge in [0, 0.05) is 17.6 Å². The van der Waals surface area contributed by atoms with Crippen molar-refractivity contribution in [1.82, 2.24) is 15.6 Å². The van der Waals surface area contributed by atoms with E-state index in [1.54, 1.807) is 6.92 Å². The predicted octanol–water partition coefficient (Wildman–Crippen LogP) is 4.17. The molecule has 3 amide bonds. The van der Waals surface area contributed by atoms with Crippen LogP contribution in [0.15, 0.2) is 24.3 Å². The number of urea groups is 1. The van der Waals surface area contributed by atoms with E-state index in [0.717, 1.165) is 47.8 Å². The zero-order valence-corrected chi connectivity index (χ0v) is 19.6. The third kappa shape index (κ3) is 4.92. The Morgan fingerprint density at radius 3 is 2.62 bits per heavy atom. The van der Waals surface area contributed by atoms with Gasteiger partial charge in [-0.1, -0.05) is 45.4 Å². The van der Waals surface area contributed by atoms with Crippen LogP contribution in [-0.4, -0.2) is 35.5 Å². The Morgan fingerprint density at radius 1 is 1.22 bits per heavy atom. The van der Waals surface area contributed by atoms with E-state index in [1.807, 2.05) is 24.3 Å². The smallest absolute Gasteiger partial charge is 0.339 e. The molecule has 1 aliphatic rings. The van der Waals surface area contributed by atoms with Crippen molar-refractivity contribution in [3.05, 3.63) is 41.1 Å². The van der Waals surface area contributed by atoms with Crippen molar-refractivity contribution in [2.45, 2.75) is 66.4 Å². The lowest BCUT2D eigenvalue weighted by molar-refractivity contribution is -0.127. The molecular weight excluding hydrogens is 406 g/mol. The molecule has 7 heteroatoms. The minimum atomic E-state index is -1.11. The third-order valence-corrected chi connectivity index (χ3v) is 6.71. The van der Waals surface area contributed by atoms with Gasteiger partial charge in [-0.3, -0.25) is 15.1 Å². The van der Waals surface area contributed by atoms with Crippen LogP contribution in [0.1, 0.15) is 69.1 Å². The number of carbonyl (C=O) groups is 3. The highest BCUT2D eigenvalue weighted by molar-refractivity contribution is 6.06. The number of benzene rings is 1. The molecule has 3 rings (SSSR count). The van der Waals surface area contributed by atoms with Crippen molar-refractivity contribution in [3.63, 3.8) is 0 Å². The molecule has 1 aliphatic carbocycles. The van der Waals surface area contributed by atoms with Gasteiger partial charge in [0.1, 0.15) is 0 Å². The fraction of sp³-hybridized carbons (Fsp3) is 0.520. The minimum Gasteiger partial charge on any atom is -0.449 e. The third-order valence-electron chi connectivity index (χ3n) is 6.71. The van der Waals surface area contributed by atoms with Crippen molar-refractivity contribution in [3.8, 4) is 0 Å². The lowest BCUT2D eigenvalue weighted by atomic mass is 9.68. The highest BCUT2D eigenvalue weighted by atomic mass is 16.5. The molecule has 0 spiro atoms. The van der Waals surface area contributed by atoms with E-state index in [9.17, 15) is 14.4 Å². The van der Waals surface area contributed by atoms with Crippen LogP contribution in [0.5, 0.6) is 0 Å². The van der Waals surface area contributed by atoms with E-state index >= 15 is 0 Å². The molecule has 32 heavy (non-hydrogen) atoms. The molecule has 0 saturated heterocycles. The zero-order valence-electron chi connectivity index (χ0n) is 19.6. The number of ether oxygens (including phenoxy) is 1. The maximum Gasteiger partial charge on any atom is 0.339 e. The Morgan fingerprint density at radius 2 is 1.94 bits per heavy atom. The molecular formula is C25H33N3O4. The Bertz CT molecular complexity index is 1030. The zero-order chi connectivity index (χ0) is 23.5. The fourth-order valence-electron chi connectivity index (χ4n) is 4.27. The number of fused-ring (bicyclic) bond motifs is 2. The second-order valence-electron chi connectivity index (χ2n) is 9.11. The summed E-state index contributed by atoms with van der Waals surface area (Å²) in [6.07, 6.45) is 2.52. The molecule has 0 radical (unpaired) electrons. The van der Waals surface area contributed by atoms with E-state index in [0.29, 0.717) is 18.0 Å². The van der Waals surface area contributed by atoms with Gasteiger partial charge in [0.15, 0.2) is 6.10 Å². The molecule has 7 nitrogen and oxygen atoms in total. The summed E-state index contributed by atoms with van der Waals surface area (Å²) < 4.78 is 5.54. The molecule has 172 valence electrons. The van der Waals surface area contributed by atoms with E-state index in [1.165, 1.54) is 6.92 Å². The van der Waals surface area contributed by atoms with Gasteiger partial charge >= 0.3 is 12.0 Å². The summed E-state index contributed by atoms with van der Waals surface area (Å²) in [6, 6.07) is 6.91. The summed E-state index contributed by atoms with van der Waals surface area (Å²) in [7, 11) is 0. The van der Waals surface area contributed by atoms with Gasteiger partial charge < -0.3 is 10.1 Å². The van der Waals surface area contributed by atoms with Crippen LogP contribution in [0.25, 0.3) is 10.9 Å². The molecule has 1 aromatic carbocycles. The number of hydrogen-bond donors (Lipinski definition) is 2. The highest BCUT2D eigenvalue weighted by Crippen LogP contribution is 2.41. The molecule has 0 aliphatic heterocycles. The quantitative estimate of drug-likeness (QED) is 0.659. The number of aromatic nitrogens is 1. The normalized spacial score (nSPS) is 16.7. The van der Waals surface area contributed by atoms with Gasteiger partial charge in [0.2, 0.25) is 0 Å². The van der Waals surface area contributed by atoms with Crippen molar-refractivity contribution in [1.29, 1.82) is 0 Å². The van der Waals surface area contributed by atoms with E-state index in [-0.39, 0.29) is 5.41 Å². The number of para-hydroxylation sites is 1. The minimum absolute atomic E-state index is 0.143. The van der Waals surface area contributed by atoms with Crippen LogP contribution in [0.4, 0.5) is 4.79 Å². The summed E-state index contributed by atoms with van der Waals surface area (Å²) in [5, 5.41) is 5.40. The first kappa shape index (κ1) is 23.7. The number of aryl methyl sites for hydroxylation is 1. The first-order chi connectivity index (χ1) is 15.2. The number of carbonyl (C=O) groups excluding carboxylic acids is 3. The number of esters is 1. The lowest BCUT2D eigenvalue weighted by Crippen LogP contribution is -2.44. The molecule has 0 bridgehead atoms. The number of nitrogens with one attached hydrogen (secondary N) is 2. The highest BCUT2D eigenvalue weighted by Gasteiger charge is 2.35. The van der Waals surface area contributed by atoms with E-state index < -0.39 is 24.0 Å². The van der Waals surface area contributed by atoms with Gasteiger partial charge in [-0.05, 0) is 56.1 Å². The maximum atomic E-state index is 13.4. The Kier molecular flexibility index (Phi) is 7.16. The fourth-order valence-corrected chi connectivity index (χ4v) is 4.27. The standard InChI is InChI=1S/C25H33N3O4/c1-6-25(4,5)16-12-13-20-18(14-16)21(17-10-8-9-11-19(17)27-20)23(30)32-15(3)22(29)28-24(31)26-7-2/h8-11,15-16H,6-7,12-14H2,1-5H3,(H2,26,28,29,31)/t15-,16-/m0/s1. The van der Waals surface area contributed by atoms with Gasteiger partial charge in [0.25, 0.3) is 5.91 Å². The van der Waals surface area contributed by atoms with Crippen LogP contribution < -0.4 is 10.6 Å². The van der Waals surface area contributed by atoms with E-state index in [2.05, 4.69) is 31.4 Å². The average Bonchev–Trinajstić information content (AvgIpc) is 2.76. The largest absolute Gasteiger partial charge is 0.449 e. The molecule has 2 N–H and O–H groups in total. The van der Waals surface area contributed by atoms with Crippen molar-refractivity contribution >= 4 is 28.8 Å². The molecule has 0 unspecified atom stereocenters. The number of hydrogen-bond acceptors (Lipinski definition) is 5. The number of imide groups is 1. The molecule has 2 aromatic rings. The van der Waals surface area contributed by atoms with Crippen LogP contribution in [0.2, 0.25) is 0 Å². The molecule has 0 saturated carbocycles. The molecule has 1 heterocycles. The maximum absolute atomic E-state index is 13.4. The van der Waals surface area contributed by atoms with Gasteiger partial charge in [-0.25, -0.2) is 9.59 Å². The van der Waals surface area contributed by atoms with Crippen molar-refractivity contribution in [2.24, 2.45) is 11.3 Å². The monoisotopic (exact) mass is 439 g/mol. The summed E-state index contributed by atoms with van der Waals surface area (Å²) in [6.45, 7) is 10.3. The van der Waals surface area contributed by atoms with Gasteiger partial charge in [0.05, 0.1) is 11.1 Å². The SMILES string of the molecule is CCNC(=O)NC(=O)[C@H](C)OC(=O)c1c2c(nc3ccccc13)CC[C@H](C(C)(C)CC)C2. The van der Waals surface area contributed by atoms with Crippen LogP contribution in [-0.2, 0) is 22.4 Å². The van der Waals surface area contributed by atoms with Crippen molar-refractivity contribution < 1.29 is 19.1 Å². The summed E-state index contributed by atoms with van der Waals surface area (Å²) >= 11 is 0. The summed E-state index contributed by atoms with van der Waals surface area (Å²) in [4.78, 5) is 42.1. The van der Waals surface area contributed by atoms with Crippen molar-refractivity contribution in [2.75, 3.05) is 6.54 Å². The Balaban J connectivity index is 1.94. The molecule has 2 atom stereocenters. The first-order valence-electron chi connectivity index (χ1n) is 11.4. The average molecular weight is 440 g/mol. The topological polar surface area (TPSA) is 97.4 Å². The van der Waals surface area contributed by atoms with Gasteiger partial charge in [-0.2, -0.15) is 0 Å². The Labute approximate surface area is 189 Å². The van der Waals surface area contributed by atoms with Crippen LogP contribution in [0, 0.1) is 11.3 Å². The molecule has 0 fully saturated rings. The molecule has 1 aromatic heterocycles. The second kappa shape index (κ2) is 9.67. The van der Waals surface area contributed by atoms with E-state index in [4.69, 9.17) is 9.72 Å².